The second-order valence-electron chi connectivity index (χ2n) is 5.50. The Hall–Kier alpha value is -1.43. The fourth-order valence-corrected chi connectivity index (χ4v) is 2.77. The van der Waals surface area contributed by atoms with E-state index in [1.165, 1.54) is 0 Å². The van der Waals surface area contributed by atoms with E-state index < -0.39 is 0 Å². The zero-order valence-corrected chi connectivity index (χ0v) is 12.6. The highest BCUT2D eigenvalue weighted by molar-refractivity contribution is 5.78. The van der Waals surface area contributed by atoms with Crippen LogP contribution in [0.5, 0.6) is 0 Å². The van der Waals surface area contributed by atoms with Gasteiger partial charge in [-0.15, -0.1) is 0 Å². The summed E-state index contributed by atoms with van der Waals surface area (Å²) in [6.45, 7) is 2.40. The molecular weight excluding hydrogens is 266 g/mol. The molecule has 1 aromatic carbocycles. The summed E-state index contributed by atoms with van der Waals surface area (Å²) in [5.74, 6) is 0.0492. The van der Waals surface area contributed by atoms with Crippen molar-refractivity contribution in [3.8, 4) is 0 Å². The van der Waals surface area contributed by atoms with E-state index in [4.69, 9.17) is 10.5 Å². The molecule has 2 unspecified atom stereocenters. The molecule has 0 aliphatic carbocycles. The summed E-state index contributed by atoms with van der Waals surface area (Å²) in [7, 11) is 1.74. The van der Waals surface area contributed by atoms with Gasteiger partial charge in [0.25, 0.3) is 0 Å². The number of benzene rings is 1. The smallest absolute Gasteiger partial charge is 0.234 e. The van der Waals surface area contributed by atoms with Crippen LogP contribution in [0.3, 0.4) is 0 Å². The standard InChI is InChI=1S/C16H25N3O2/c1-21-15-7-8-19(14(9-15)10-17)12-16(20)18-11-13-5-3-2-4-6-13/h2-6,14-15H,7-12,17H2,1H3,(H,18,20). The predicted molar refractivity (Wildman–Crippen MR) is 82.7 cm³/mol. The molecule has 5 heteroatoms. The molecule has 116 valence electrons. The van der Waals surface area contributed by atoms with Crippen molar-refractivity contribution < 1.29 is 9.53 Å². The second kappa shape index (κ2) is 8.12. The molecule has 2 atom stereocenters. The normalized spacial score (nSPS) is 23.0. The van der Waals surface area contributed by atoms with Crippen molar-refractivity contribution in [2.24, 2.45) is 5.73 Å². The molecule has 0 aromatic heterocycles. The summed E-state index contributed by atoms with van der Waals surface area (Å²) in [5.41, 5.74) is 6.93. The molecule has 1 fully saturated rings. The third-order valence-electron chi connectivity index (χ3n) is 4.07. The molecule has 1 aromatic rings. The second-order valence-corrected chi connectivity index (χ2v) is 5.50. The Morgan fingerprint density at radius 3 is 2.86 bits per heavy atom. The van der Waals surface area contributed by atoms with Gasteiger partial charge in [-0.2, -0.15) is 0 Å². The lowest BCUT2D eigenvalue weighted by atomic mass is 9.99. The van der Waals surface area contributed by atoms with E-state index in [-0.39, 0.29) is 18.1 Å². The average molecular weight is 291 g/mol. The van der Waals surface area contributed by atoms with E-state index in [0.717, 1.165) is 24.9 Å². The zero-order chi connectivity index (χ0) is 15.1. The molecule has 1 heterocycles. The minimum absolute atomic E-state index is 0.0492. The van der Waals surface area contributed by atoms with E-state index in [1.54, 1.807) is 7.11 Å². The third kappa shape index (κ3) is 4.81. The minimum Gasteiger partial charge on any atom is -0.381 e. The Labute approximate surface area is 126 Å². The first-order valence-corrected chi connectivity index (χ1v) is 7.50. The molecule has 0 bridgehead atoms. The molecule has 0 spiro atoms. The van der Waals surface area contributed by atoms with Crippen LogP contribution >= 0.6 is 0 Å². The number of piperidine rings is 1. The van der Waals surface area contributed by atoms with Crippen LogP contribution in [0.25, 0.3) is 0 Å². The van der Waals surface area contributed by atoms with E-state index in [1.807, 2.05) is 30.3 Å². The van der Waals surface area contributed by atoms with Crippen molar-refractivity contribution in [2.45, 2.75) is 31.5 Å². The van der Waals surface area contributed by atoms with Gasteiger partial charge in [0.05, 0.1) is 12.6 Å². The summed E-state index contributed by atoms with van der Waals surface area (Å²) < 4.78 is 5.40. The maximum Gasteiger partial charge on any atom is 0.234 e. The topological polar surface area (TPSA) is 67.6 Å². The van der Waals surface area contributed by atoms with Crippen LogP contribution in [-0.4, -0.2) is 49.7 Å². The van der Waals surface area contributed by atoms with Gasteiger partial charge in [-0.1, -0.05) is 30.3 Å². The Kier molecular flexibility index (Phi) is 6.17. The lowest BCUT2D eigenvalue weighted by Crippen LogP contribution is -2.51. The molecule has 21 heavy (non-hydrogen) atoms. The Balaban J connectivity index is 1.79. The van der Waals surface area contributed by atoms with Gasteiger partial charge in [0.15, 0.2) is 0 Å². The Bertz CT molecular complexity index is 438. The summed E-state index contributed by atoms with van der Waals surface area (Å²) in [4.78, 5) is 14.2. The van der Waals surface area contributed by atoms with E-state index in [9.17, 15) is 4.79 Å². The van der Waals surface area contributed by atoms with Gasteiger partial charge in [-0.25, -0.2) is 0 Å². The SMILES string of the molecule is COC1CCN(CC(=O)NCc2ccccc2)C(CN)C1. The zero-order valence-electron chi connectivity index (χ0n) is 12.6. The fraction of sp³-hybridized carbons (Fsp3) is 0.562. The number of nitrogens with one attached hydrogen (secondary N) is 1. The van der Waals surface area contributed by atoms with Gasteiger partial charge < -0.3 is 15.8 Å². The molecule has 2 rings (SSSR count). The van der Waals surface area contributed by atoms with Crippen molar-refractivity contribution in [1.82, 2.24) is 10.2 Å². The molecule has 1 amide bonds. The first kappa shape index (κ1) is 15.9. The van der Waals surface area contributed by atoms with Crippen molar-refractivity contribution in [3.05, 3.63) is 35.9 Å². The molecule has 1 saturated heterocycles. The van der Waals surface area contributed by atoms with Crippen LogP contribution in [0.1, 0.15) is 18.4 Å². The quantitative estimate of drug-likeness (QED) is 0.811. The van der Waals surface area contributed by atoms with Gasteiger partial charge in [0.1, 0.15) is 0 Å². The predicted octanol–water partition coefficient (Wildman–Crippen LogP) is 0.741. The van der Waals surface area contributed by atoms with Crippen LogP contribution in [0.4, 0.5) is 0 Å². The molecule has 0 radical (unpaired) electrons. The highest BCUT2D eigenvalue weighted by Crippen LogP contribution is 2.18. The number of amides is 1. The highest BCUT2D eigenvalue weighted by Gasteiger charge is 2.28. The van der Waals surface area contributed by atoms with Crippen molar-refractivity contribution in [2.75, 3.05) is 26.7 Å². The maximum absolute atomic E-state index is 12.1. The van der Waals surface area contributed by atoms with Crippen LogP contribution in [0, 0.1) is 0 Å². The maximum atomic E-state index is 12.1. The number of nitrogens with two attached hydrogens (primary N) is 1. The number of methoxy groups -OCH3 is 1. The molecule has 1 aliphatic rings. The number of carbonyl (C=O) groups excluding carboxylic acids is 1. The van der Waals surface area contributed by atoms with Gasteiger partial charge in [0.2, 0.25) is 5.91 Å². The first-order valence-electron chi connectivity index (χ1n) is 7.50. The van der Waals surface area contributed by atoms with Crippen molar-refractivity contribution >= 4 is 5.91 Å². The van der Waals surface area contributed by atoms with Gasteiger partial charge in [-0.05, 0) is 18.4 Å². The molecule has 0 saturated carbocycles. The third-order valence-corrected chi connectivity index (χ3v) is 4.07. The van der Waals surface area contributed by atoms with Crippen LogP contribution in [0.15, 0.2) is 30.3 Å². The summed E-state index contributed by atoms with van der Waals surface area (Å²) in [5, 5.41) is 2.96. The summed E-state index contributed by atoms with van der Waals surface area (Å²) in [6, 6.07) is 10.2. The van der Waals surface area contributed by atoms with Gasteiger partial charge in [0, 0.05) is 32.8 Å². The summed E-state index contributed by atoms with van der Waals surface area (Å²) in [6.07, 6.45) is 2.12. The molecule has 5 nitrogen and oxygen atoms in total. The largest absolute Gasteiger partial charge is 0.381 e. The van der Waals surface area contributed by atoms with Crippen LogP contribution in [-0.2, 0) is 16.1 Å². The Morgan fingerprint density at radius 1 is 1.43 bits per heavy atom. The number of likely N-dealkylation sites (tertiary alicyclic amines) is 1. The van der Waals surface area contributed by atoms with E-state index >= 15 is 0 Å². The highest BCUT2D eigenvalue weighted by atomic mass is 16.5. The molecule has 1 aliphatic heterocycles. The monoisotopic (exact) mass is 291 g/mol. The number of carbonyl (C=O) groups is 1. The number of rotatable bonds is 6. The minimum atomic E-state index is 0.0492. The lowest BCUT2D eigenvalue weighted by Gasteiger charge is -2.37. The number of hydrogen-bond acceptors (Lipinski definition) is 4. The first-order chi connectivity index (χ1) is 10.2. The number of nitrogens with zero attached hydrogens (tertiary/aromatic N) is 1. The summed E-state index contributed by atoms with van der Waals surface area (Å²) >= 11 is 0. The van der Waals surface area contributed by atoms with Crippen molar-refractivity contribution in [1.29, 1.82) is 0 Å². The van der Waals surface area contributed by atoms with E-state index in [2.05, 4.69) is 10.2 Å². The van der Waals surface area contributed by atoms with Crippen molar-refractivity contribution in [3.63, 3.8) is 0 Å². The lowest BCUT2D eigenvalue weighted by molar-refractivity contribution is -0.124. The fourth-order valence-electron chi connectivity index (χ4n) is 2.77. The van der Waals surface area contributed by atoms with Gasteiger partial charge >= 0.3 is 0 Å². The van der Waals surface area contributed by atoms with E-state index in [0.29, 0.717) is 19.6 Å². The molecule has 3 N–H and O–H groups in total. The number of hydrogen-bond donors (Lipinski definition) is 2. The number of ether oxygens (including phenoxy) is 1. The van der Waals surface area contributed by atoms with Crippen LogP contribution in [0.2, 0.25) is 0 Å². The average Bonchev–Trinajstić information content (AvgIpc) is 2.54. The van der Waals surface area contributed by atoms with Gasteiger partial charge in [-0.3, -0.25) is 9.69 Å². The molecular formula is C16H25N3O2. The van der Waals surface area contributed by atoms with Crippen LogP contribution < -0.4 is 11.1 Å². The Morgan fingerprint density at radius 2 is 2.19 bits per heavy atom.